The molecule has 2 heterocycles. The maximum absolute atomic E-state index is 8.84. The van der Waals surface area contributed by atoms with Gasteiger partial charge in [0.15, 0.2) is 0 Å². The molecule has 84 valence electrons. The fraction of sp³-hybridized carbons (Fsp3) is 0.538. The molecule has 0 bridgehead atoms. The van der Waals surface area contributed by atoms with Gasteiger partial charge in [-0.2, -0.15) is 5.26 Å². The van der Waals surface area contributed by atoms with Gasteiger partial charge in [-0.3, -0.25) is 0 Å². The van der Waals surface area contributed by atoms with E-state index >= 15 is 0 Å². The van der Waals surface area contributed by atoms with Crippen LogP contribution < -0.4 is 4.90 Å². The first kappa shape index (κ1) is 10.9. The van der Waals surface area contributed by atoms with Crippen LogP contribution >= 0.6 is 0 Å². The Hall–Kier alpha value is -1.56. The lowest BCUT2D eigenvalue weighted by atomic mass is 9.93. The molecule has 1 fully saturated rings. The maximum Gasteiger partial charge on any atom is 0.142 e. The molecule has 2 rings (SSSR count). The van der Waals surface area contributed by atoms with Crippen LogP contribution in [0.2, 0.25) is 0 Å². The van der Waals surface area contributed by atoms with E-state index in [2.05, 4.69) is 29.8 Å². The Morgan fingerprint density at radius 3 is 2.94 bits per heavy atom. The van der Waals surface area contributed by atoms with Crippen molar-refractivity contribution in [3.63, 3.8) is 0 Å². The van der Waals surface area contributed by atoms with E-state index in [4.69, 9.17) is 5.26 Å². The summed E-state index contributed by atoms with van der Waals surface area (Å²) in [7, 11) is 0. The second-order valence-electron chi connectivity index (χ2n) is 4.66. The molecule has 0 aromatic carbocycles. The van der Waals surface area contributed by atoms with Crippen molar-refractivity contribution in [2.45, 2.75) is 32.7 Å². The first-order valence-corrected chi connectivity index (χ1v) is 5.84. The summed E-state index contributed by atoms with van der Waals surface area (Å²) in [4.78, 5) is 6.66. The zero-order valence-electron chi connectivity index (χ0n) is 9.85. The Morgan fingerprint density at radius 2 is 2.25 bits per heavy atom. The molecule has 0 spiro atoms. The van der Waals surface area contributed by atoms with Crippen molar-refractivity contribution in [2.24, 2.45) is 5.92 Å². The van der Waals surface area contributed by atoms with E-state index in [0.29, 0.717) is 11.7 Å². The molecule has 0 N–H and O–H groups in total. The zero-order chi connectivity index (χ0) is 11.5. The fourth-order valence-electron chi connectivity index (χ4n) is 2.39. The quantitative estimate of drug-likeness (QED) is 0.723. The summed E-state index contributed by atoms with van der Waals surface area (Å²) in [6, 6.07) is 8.26. The number of hydrogen-bond acceptors (Lipinski definition) is 3. The van der Waals surface area contributed by atoms with Gasteiger partial charge in [-0.25, -0.2) is 4.98 Å². The third-order valence-corrected chi connectivity index (χ3v) is 3.28. The van der Waals surface area contributed by atoms with E-state index in [1.54, 1.807) is 6.07 Å². The Morgan fingerprint density at radius 1 is 1.44 bits per heavy atom. The average Bonchev–Trinajstić information content (AvgIpc) is 2.29. The van der Waals surface area contributed by atoms with Crippen LogP contribution in [0.4, 0.5) is 5.82 Å². The van der Waals surface area contributed by atoms with Crippen molar-refractivity contribution < 1.29 is 0 Å². The van der Waals surface area contributed by atoms with Crippen LogP contribution in [0.5, 0.6) is 0 Å². The number of hydrogen-bond donors (Lipinski definition) is 0. The monoisotopic (exact) mass is 215 g/mol. The second-order valence-corrected chi connectivity index (χ2v) is 4.66. The molecular formula is C13H17N3. The zero-order valence-corrected chi connectivity index (χ0v) is 9.85. The minimum Gasteiger partial charge on any atom is -0.354 e. The predicted octanol–water partition coefficient (Wildman–Crippen LogP) is 2.58. The number of anilines is 1. The molecule has 2 atom stereocenters. The standard InChI is InChI=1S/C13H17N3/c1-10-6-7-16(11(2)8-10)13-5-3-4-12(9-14)15-13/h3-5,10-11H,6-8H2,1-2H3. The molecular weight excluding hydrogens is 198 g/mol. The molecule has 1 aliphatic heterocycles. The van der Waals surface area contributed by atoms with Crippen molar-refractivity contribution in [1.82, 2.24) is 4.98 Å². The van der Waals surface area contributed by atoms with Crippen LogP contribution in [0.15, 0.2) is 18.2 Å². The smallest absolute Gasteiger partial charge is 0.142 e. The molecule has 3 nitrogen and oxygen atoms in total. The predicted molar refractivity (Wildman–Crippen MR) is 64.2 cm³/mol. The van der Waals surface area contributed by atoms with Gasteiger partial charge in [0.2, 0.25) is 0 Å². The van der Waals surface area contributed by atoms with E-state index in [9.17, 15) is 0 Å². The summed E-state index contributed by atoms with van der Waals surface area (Å²) in [6.07, 6.45) is 2.42. The molecule has 2 unspecified atom stereocenters. The highest BCUT2D eigenvalue weighted by molar-refractivity contribution is 5.43. The molecule has 0 aliphatic carbocycles. The van der Waals surface area contributed by atoms with Crippen LogP contribution in [0.25, 0.3) is 0 Å². The van der Waals surface area contributed by atoms with Crippen molar-refractivity contribution in [1.29, 1.82) is 5.26 Å². The first-order chi connectivity index (χ1) is 7.70. The van der Waals surface area contributed by atoms with Crippen LogP contribution in [0, 0.1) is 17.2 Å². The summed E-state index contributed by atoms with van der Waals surface area (Å²) in [5, 5.41) is 8.84. The molecule has 1 aliphatic rings. The summed E-state index contributed by atoms with van der Waals surface area (Å²) in [5.41, 5.74) is 0.503. The minimum atomic E-state index is 0.503. The second kappa shape index (κ2) is 4.52. The van der Waals surface area contributed by atoms with Crippen molar-refractivity contribution in [3.8, 4) is 6.07 Å². The number of aromatic nitrogens is 1. The van der Waals surface area contributed by atoms with Crippen LogP contribution in [0.1, 0.15) is 32.4 Å². The van der Waals surface area contributed by atoms with Crippen LogP contribution in [-0.4, -0.2) is 17.6 Å². The van der Waals surface area contributed by atoms with E-state index in [0.717, 1.165) is 18.3 Å². The van der Waals surface area contributed by atoms with E-state index in [1.165, 1.54) is 12.8 Å². The Kier molecular flexibility index (Phi) is 3.09. The summed E-state index contributed by atoms with van der Waals surface area (Å²) in [6.45, 7) is 5.58. The molecule has 0 amide bonds. The largest absolute Gasteiger partial charge is 0.354 e. The Labute approximate surface area is 96.7 Å². The highest BCUT2D eigenvalue weighted by atomic mass is 15.2. The number of pyridine rings is 1. The Bertz CT molecular complexity index is 408. The highest BCUT2D eigenvalue weighted by Gasteiger charge is 2.23. The number of nitrogens with zero attached hydrogens (tertiary/aromatic N) is 3. The molecule has 0 radical (unpaired) electrons. The summed E-state index contributed by atoms with van der Waals surface area (Å²) in [5.74, 6) is 1.74. The third-order valence-electron chi connectivity index (χ3n) is 3.28. The molecule has 16 heavy (non-hydrogen) atoms. The molecule has 1 saturated heterocycles. The van der Waals surface area contributed by atoms with Gasteiger partial charge in [0.1, 0.15) is 17.6 Å². The van der Waals surface area contributed by atoms with Gasteiger partial charge in [-0.05, 0) is 37.8 Å². The highest BCUT2D eigenvalue weighted by Crippen LogP contribution is 2.26. The lowest BCUT2D eigenvalue weighted by Crippen LogP contribution is -2.40. The van der Waals surface area contributed by atoms with Gasteiger partial charge in [-0.1, -0.05) is 13.0 Å². The van der Waals surface area contributed by atoms with Gasteiger partial charge in [0.25, 0.3) is 0 Å². The van der Waals surface area contributed by atoms with Gasteiger partial charge in [-0.15, -0.1) is 0 Å². The SMILES string of the molecule is CC1CCN(c2cccc(C#N)n2)C(C)C1. The first-order valence-electron chi connectivity index (χ1n) is 5.84. The Balaban J connectivity index is 2.20. The molecule has 3 heteroatoms. The number of nitriles is 1. The van der Waals surface area contributed by atoms with E-state index in [-0.39, 0.29) is 0 Å². The summed E-state index contributed by atoms with van der Waals surface area (Å²) < 4.78 is 0. The van der Waals surface area contributed by atoms with Gasteiger partial charge >= 0.3 is 0 Å². The maximum atomic E-state index is 8.84. The van der Waals surface area contributed by atoms with Crippen molar-refractivity contribution in [3.05, 3.63) is 23.9 Å². The minimum absolute atomic E-state index is 0.503. The molecule has 1 aromatic rings. The lowest BCUT2D eigenvalue weighted by molar-refractivity contribution is 0.376. The van der Waals surface area contributed by atoms with Crippen LogP contribution in [-0.2, 0) is 0 Å². The lowest BCUT2D eigenvalue weighted by Gasteiger charge is -2.37. The fourth-order valence-corrected chi connectivity index (χ4v) is 2.39. The third kappa shape index (κ3) is 2.16. The molecule has 0 saturated carbocycles. The van der Waals surface area contributed by atoms with Crippen molar-refractivity contribution in [2.75, 3.05) is 11.4 Å². The van der Waals surface area contributed by atoms with Gasteiger partial charge in [0, 0.05) is 12.6 Å². The van der Waals surface area contributed by atoms with Crippen LogP contribution in [0.3, 0.4) is 0 Å². The number of piperidine rings is 1. The molecule has 1 aromatic heterocycles. The topological polar surface area (TPSA) is 39.9 Å². The average molecular weight is 215 g/mol. The van der Waals surface area contributed by atoms with E-state index < -0.39 is 0 Å². The summed E-state index contributed by atoms with van der Waals surface area (Å²) >= 11 is 0. The number of rotatable bonds is 1. The van der Waals surface area contributed by atoms with Gasteiger partial charge < -0.3 is 4.90 Å². The van der Waals surface area contributed by atoms with E-state index in [1.807, 2.05) is 12.1 Å². The van der Waals surface area contributed by atoms with Crippen molar-refractivity contribution >= 4 is 5.82 Å². The normalized spacial score (nSPS) is 25.2. The van der Waals surface area contributed by atoms with Gasteiger partial charge in [0.05, 0.1) is 0 Å².